The van der Waals surface area contributed by atoms with E-state index >= 15 is 0 Å². The van der Waals surface area contributed by atoms with Crippen LogP contribution < -0.4 is 14.8 Å². The first-order valence-electron chi connectivity index (χ1n) is 7.91. The van der Waals surface area contributed by atoms with Crippen LogP contribution in [0.5, 0.6) is 11.5 Å². The Kier molecular flexibility index (Phi) is 6.04. The third kappa shape index (κ3) is 5.03. The molecule has 1 aromatic rings. The van der Waals surface area contributed by atoms with Crippen molar-refractivity contribution in [3.8, 4) is 17.6 Å². The van der Waals surface area contributed by atoms with Crippen molar-refractivity contribution in [3.63, 3.8) is 0 Å². The molecule has 1 aliphatic carbocycles. The number of ether oxygens (including phenoxy) is 2. The molecule has 0 heterocycles. The maximum atomic E-state index is 12.0. The zero-order chi connectivity index (χ0) is 16.7. The average molecular weight is 314 g/mol. The number of rotatable bonds is 8. The summed E-state index contributed by atoms with van der Waals surface area (Å²) in [6, 6.07) is 7.55. The van der Waals surface area contributed by atoms with Crippen LogP contribution in [0.25, 0.3) is 6.08 Å². The highest BCUT2D eigenvalue weighted by atomic mass is 16.5. The molecule has 0 bridgehead atoms. The Bertz CT molecular complexity index is 628. The summed E-state index contributed by atoms with van der Waals surface area (Å²) in [7, 11) is 1.58. The van der Waals surface area contributed by atoms with Gasteiger partial charge in [-0.1, -0.05) is 19.4 Å². The number of amides is 1. The molecule has 0 unspecified atom stereocenters. The molecule has 1 aromatic carbocycles. The summed E-state index contributed by atoms with van der Waals surface area (Å²) < 4.78 is 11.0. The van der Waals surface area contributed by atoms with Crippen LogP contribution in [0.4, 0.5) is 0 Å². The van der Waals surface area contributed by atoms with Gasteiger partial charge in [-0.3, -0.25) is 4.79 Å². The number of nitriles is 1. The third-order valence-electron chi connectivity index (χ3n) is 3.53. The zero-order valence-corrected chi connectivity index (χ0v) is 13.6. The molecule has 2 rings (SSSR count). The first-order valence-corrected chi connectivity index (χ1v) is 7.91. The molecule has 5 heteroatoms. The van der Waals surface area contributed by atoms with Gasteiger partial charge in [0.25, 0.3) is 5.91 Å². The van der Waals surface area contributed by atoms with Gasteiger partial charge in [0.15, 0.2) is 11.5 Å². The Labute approximate surface area is 136 Å². The Morgan fingerprint density at radius 3 is 2.83 bits per heavy atom. The lowest BCUT2D eigenvalue weighted by Crippen LogP contribution is -2.26. The highest BCUT2D eigenvalue weighted by molar-refractivity contribution is 6.02. The number of hydrogen-bond donors (Lipinski definition) is 1. The number of unbranched alkanes of at least 4 members (excludes halogenated alkanes) is 1. The number of nitrogens with one attached hydrogen (secondary N) is 1. The summed E-state index contributed by atoms with van der Waals surface area (Å²) in [5, 5.41) is 12.0. The first-order chi connectivity index (χ1) is 11.2. The largest absolute Gasteiger partial charge is 0.493 e. The van der Waals surface area contributed by atoms with E-state index in [4.69, 9.17) is 9.47 Å². The lowest BCUT2D eigenvalue weighted by Gasteiger charge is -2.11. The second-order valence-corrected chi connectivity index (χ2v) is 5.53. The third-order valence-corrected chi connectivity index (χ3v) is 3.53. The van der Waals surface area contributed by atoms with Gasteiger partial charge in [0.05, 0.1) is 13.7 Å². The molecule has 0 radical (unpaired) electrons. The number of carbonyl (C=O) groups excluding carboxylic acids is 1. The van der Waals surface area contributed by atoms with Crippen LogP contribution in [-0.4, -0.2) is 25.7 Å². The number of methoxy groups -OCH3 is 1. The van der Waals surface area contributed by atoms with Crippen LogP contribution in [0.2, 0.25) is 0 Å². The van der Waals surface area contributed by atoms with E-state index in [1.54, 1.807) is 31.4 Å². The molecular weight excluding hydrogens is 292 g/mol. The van der Waals surface area contributed by atoms with Crippen LogP contribution in [-0.2, 0) is 4.79 Å². The number of hydrogen-bond acceptors (Lipinski definition) is 4. The summed E-state index contributed by atoms with van der Waals surface area (Å²) in [6.45, 7) is 2.70. The summed E-state index contributed by atoms with van der Waals surface area (Å²) in [4.78, 5) is 12.0. The quantitative estimate of drug-likeness (QED) is 0.455. The van der Waals surface area contributed by atoms with Crippen LogP contribution in [0, 0.1) is 11.3 Å². The van der Waals surface area contributed by atoms with Crippen molar-refractivity contribution < 1.29 is 14.3 Å². The minimum Gasteiger partial charge on any atom is -0.493 e. The minimum absolute atomic E-state index is 0.0987. The van der Waals surface area contributed by atoms with E-state index in [0.717, 1.165) is 31.2 Å². The highest BCUT2D eigenvalue weighted by Gasteiger charge is 2.24. The molecule has 0 aliphatic heterocycles. The topological polar surface area (TPSA) is 71.3 Å². The van der Waals surface area contributed by atoms with E-state index in [2.05, 4.69) is 12.2 Å². The molecular formula is C18H22N2O3. The molecule has 1 N–H and O–H groups in total. The summed E-state index contributed by atoms with van der Waals surface area (Å²) in [6.07, 6.45) is 5.55. The van der Waals surface area contributed by atoms with Gasteiger partial charge >= 0.3 is 0 Å². The average Bonchev–Trinajstić information content (AvgIpc) is 3.37. The van der Waals surface area contributed by atoms with Gasteiger partial charge in [-0.15, -0.1) is 0 Å². The first kappa shape index (κ1) is 16.9. The van der Waals surface area contributed by atoms with Crippen molar-refractivity contribution in [2.24, 2.45) is 0 Å². The van der Waals surface area contributed by atoms with E-state index in [1.807, 2.05) is 6.07 Å². The molecule has 23 heavy (non-hydrogen) atoms. The number of nitrogens with zero attached hydrogens (tertiary/aromatic N) is 1. The van der Waals surface area contributed by atoms with Crippen molar-refractivity contribution >= 4 is 12.0 Å². The van der Waals surface area contributed by atoms with Gasteiger partial charge in [-0.25, -0.2) is 0 Å². The Morgan fingerprint density at radius 1 is 1.43 bits per heavy atom. The molecule has 0 aromatic heterocycles. The van der Waals surface area contributed by atoms with Gasteiger partial charge in [0.2, 0.25) is 0 Å². The minimum atomic E-state index is -0.320. The molecule has 122 valence electrons. The molecule has 0 atom stereocenters. The molecule has 1 amide bonds. The fourth-order valence-corrected chi connectivity index (χ4v) is 2.03. The van der Waals surface area contributed by atoms with Crippen molar-refractivity contribution in [1.82, 2.24) is 5.32 Å². The predicted molar refractivity (Wildman–Crippen MR) is 88.2 cm³/mol. The van der Waals surface area contributed by atoms with Crippen LogP contribution >= 0.6 is 0 Å². The second kappa shape index (κ2) is 8.23. The van der Waals surface area contributed by atoms with E-state index < -0.39 is 0 Å². The highest BCUT2D eigenvalue weighted by Crippen LogP contribution is 2.29. The SMILES string of the molecule is CCCCOc1cc(/C=C(\C#N)C(=O)NC2CC2)ccc1OC. The predicted octanol–water partition coefficient (Wildman–Crippen LogP) is 3.06. The maximum Gasteiger partial charge on any atom is 0.262 e. The Morgan fingerprint density at radius 2 is 2.22 bits per heavy atom. The standard InChI is InChI=1S/C18H22N2O3/c1-3-4-9-23-17-11-13(5-8-16(17)22-2)10-14(12-19)18(21)20-15-6-7-15/h5,8,10-11,15H,3-4,6-7,9H2,1-2H3,(H,20,21)/b14-10+. The fourth-order valence-electron chi connectivity index (χ4n) is 2.03. The van der Waals surface area contributed by atoms with Gasteiger partial charge in [-0.2, -0.15) is 5.26 Å². The van der Waals surface area contributed by atoms with Gasteiger partial charge in [0.1, 0.15) is 11.6 Å². The van der Waals surface area contributed by atoms with Gasteiger partial charge in [-0.05, 0) is 43.0 Å². The monoisotopic (exact) mass is 314 g/mol. The maximum absolute atomic E-state index is 12.0. The summed E-state index contributed by atoms with van der Waals surface area (Å²) in [5.74, 6) is 0.938. The molecule has 1 fully saturated rings. The smallest absolute Gasteiger partial charge is 0.262 e. The second-order valence-electron chi connectivity index (χ2n) is 5.53. The fraction of sp³-hybridized carbons (Fsp3) is 0.444. The molecule has 0 saturated heterocycles. The van der Waals surface area contributed by atoms with E-state index in [9.17, 15) is 10.1 Å². The van der Waals surface area contributed by atoms with E-state index in [-0.39, 0.29) is 17.5 Å². The number of benzene rings is 1. The molecule has 5 nitrogen and oxygen atoms in total. The van der Waals surface area contributed by atoms with Gasteiger partial charge in [0, 0.05) is 6.04 Å². The van der Waals surface area contributed by atoms with Crippen molar-refractivity contribution in [1.29, 1.82) is 5.26 Å². The number of carbonyl (C=O) groups is 1. The van der Waals surface area contributed by atoms with Crippen LogP contribution in [0.1, 0.15) is 38.2 Å². The Balaban J connectivity index is 2.16. The van der Waals surface area contributed by atoms with Crippen LogP contribution in [0.15, 0.2) is 23.8 Å². The van der Waals surface area contributed by atoms with E-state index in [1.165, 1.54) is 0 Å². The normalized spacial score (nSPS) is 14.0. The molecule has 1 aliphatic rings. The summed E-state index contributed by atoms with van der Waals surface area (Å²) >= 11 is 0. The van der Waals surface area contributed by atoms with Gasteiger partial charge < -0.3 is 14.8 Å². The van der Waals surface area contributed by atoms with E-state index in [0.29, 0.717) is 18.1 Å². The molecule has 0 spiro atoms. The van der Waals surface area contributed by atoms with Crippen molar-refractivity contribution in [2.45, 2.75) is 38.6 Å². The lowest BCUT2D eigenvalue weighted by atomic mass is 10.1. The zero-order valence-electron chi connectivity index (χ0n) is 13.6. The summed E-state index contributed by atoms with van der Waals surface area (Å²) in [5.41, 5.74) is 0.835. The molecule has 1 saturated carbocycles. The Hall–Kier alpha value is -2.48. The van der Waals surface area contributed by atoms with Crippen molar-refractivity contribution in [3.05, 3.63) is 29.3 Å². The van der Waals surface area contributed by atoms with Crippen molar-refractivity contribution in [2.75, 3.05) is 13.7 Å². The lowest BCUT2D eigenvalue weighted by molar-refractivity contribution is -0.117. The van der Waals surface area contributed by atoms with Crippen LogP contribution in [0.3, 0.4) is 0 Å².